The number of carbonyl (C=O) groups is 1. The first-order valence-corrected chi connectivity index (χ1v) is 8.15. The van der Waals surface area contributed by atoms with E-state index in [1.165, 1.54) is 32.2 Å². The number of hydrogen-bond donors (Lipinski definition) is 1. The molecule has 4 nitrogen and oxygen atoms in total. The fourth-order valence-corrected chi connectivity index (χ4v) is 3.09. The average molecular weight is 282 g/mol. The van der Waals surface area contributed by atoms with Gasteiger partial charge in [0, 0.05) is 19.1 Å². The van der Waals surface area contributed by atoms with Crippen LogP contribution in [0.1, 0.15) is 52.9 Å². The van der Waals surface area contributed by atoms with Crippen molar-refractivity contribution < 1.29 is 9.53 Å². The van der Waals surface area contributed by atoms with Crippen LogP contribution in [0.2, 0.25) is 0 Å². The van der Waals surface area contributed by atoms with E-state index in [1.807, 2.05) is 6.92 Å². The van der Waals surface area contributed by atoms with E-state index < -0.39 is 0 Å². The lowest BCUT2D eigenvalue weighted by Crippen LogP contribution is -2.45. The van der Waals surface area contributed by atoms with E-state index in [1.54, 1.807) is 0 Å². The van der Waals surface area contributed by atoms with Gasteiger partial charge in [-0.05, 0) is 51.0 Å². The van der Waals surface area contributed by atoms with Crippen LogP contribution in [-0.2, 0) is 9.53 Å². The van der Waals surface area contributed by atoms with Crippen LogP contribution in [0.5, 0.6) is 0 Å². The summed E-state index contributed by atoms with van der Waals surface area (Å²) in [5, 5.41) is 3.43. The molecule has 0 bridgehead atoms. The number of rotatable bonds is 7. The summed E-state index contributed by atoms with van der Waals surface area (Å²) in [6, 6.07) is 0.426. The van der Waals surface area contributed by atoms with Crippen molar-refractivity contribution in [3.63, 3.8) is 0 Å². The van der Waals surface area contributed by atoms with Gasteiger partial charge in [0.2, 0.25) is 0 Å². The lowest BCUT2D eigenvalue weighted by Gasteiger charge is -2.38. The normalized spacial score (nSPS) is 24.4. The Morgan fingerprint density at radius 2 is 2.20 bits per heavy atom. The van der Waals surface area contributed by atoms with Crippen molar-refractivity contribution in [3.05, 3.63) is 0 Å². The second-order valence-electron chi connectivity index (χ2n) is 7.08. The maximum atomic E-state index is 12.0. The quantitative estimate of drug-likeness (QED) is 0.727. The third kappa shape index (κ3) is 5.06. The highest BCUT2D eigenvalue weighted by Crippen LogP contribution is 2.28. The molecule has 1 atom stereocenters. The highest BCUT2D eigenvalue weighted by molar-refractivity contribution is 5.75. The Hall–Kier alpha value is -0.610. The zero-order chi connectivity index (χ0) is 14.6. The Morgan fingerprint density at radius 1 is 1.45 bits per heavy atom. The summed E-state index contributed by atoms with van der Waals surface area (Å²) in [6.07, 6.45) is 5.85. The lowest BCUT2D eigenvalue weighted by atomic mass is 9.84. The van der Waals surface area contributed by atoms with Crippen molar-refractivity contribution in [3.8, 4) is 0 Å². The van der Waals surface area contributed by atoms with Gasteiger partial charge in [0.05, 0.1) is 6.61 Å². The lowest BCUT2D eigenvalue weighted by molar-refractivity contribution is -0.146. The van der Waals surface area contributed by atoms with Crippen molar-refractivity contribution in [1.29, 1.82) is 0 Å². The van der Waals surface area contributed by atoms with E-state index in [0.717, 1.165) is 19.5 Å². The van der Waals surface area contributed by atoms with Crippen LogP contribution < -0.4 is 5.32 Å². The monoisotopic (exact) mass is 282 g/mol. The molecule has 0 aromatic heterocycles. The maximum absolute atomic E-state index is 12.0. The van der Waals surface area contributed by atoms with E-state index in [-0.39, 0.29) is 12.0 Å². The number of carbonyl (C=O) groups excluding carboxylic acids is 1. The molecule has 1 unspecified atom stereocenters. The van der Waals surface area contributed by atoms with Crippen LogP contribution in [0.15, 0.2) is 0 Å². The van der Waals surface area contributed by atoms with Gasteiger partial charge in [-0.15, -0.1) is 0 Å². The Balaban J connectivity index is 1.79. The van der Waals surface area contributed by atoms with Gasteiger partial charge in [-0.1, -0.05) is 13.8 Å². The Bertz CT molecular complexity index is 326. The number of likely N-dealkylation sites (tertiary alicyclic amines) is 1. The van der Waals surface area contributed by atoms with Crippen LogP contribution in [0.3, 0.4) is 0 Å². The Morgan fingerprint density at radius 3 is 2.80 bits per heavy atom. The van der Waals surface area contributed by atoms with Crippen molar-refractivity contribution in [2.45, 2.75) is 65.0 Å². The van der Waals surface area contributed by atoms with Gasteiger partial charge in [-0.2, -0.15) is 0 Å². The minimum absolute atomic E-state index is 0.0735. The highest BCUT2D eigenvalue weighted by Gasteiger charge is 2.31. The molecule has 1 heterocycles. The third-order valence-electron chi connectivity index (χ3n) is 4.30. The van der Waals surface area contributed by atoms with Crippen LogP contribution in [-0.4, -0.2) is 49.2 Å². The second kappa shape index (κ2) is 6.90. The molecular formula is C16H30N2O2. The van der Waals surface area contributed by atoms with Gasteiger partial charge < -0.3 is 15.0 Å². The summed E-state index contributed by atoms with van der Waals surface area (Å²) in [6.45, 7) is 10.3. The van der Waals surface area contributed by atoms with E-state index in [0.29, 0.717) is 18.1 Å². The molecule has 0 radical (unpaired) electrons. The molecule has 1 N–H and O–H groups in total. The van der Waals surface area contributed by atoms with Gasteiger partial charge in [0.15, 0.2) is 0 Å². The number of esters is 1. The minimum atomic E-state index is -0.118. The summed E-state index contributed by atoms with van der Waals surface area (Å²) >= 11 is 0. The number of nitrogens with zero attached hydrogens (tertiary/aromatic N) is 1. The molecule has 0 aromatic carbocycles. The molecule has 0 aromatic rings. The van der Waals surface area contributed by atoms with Crippen molar-refractivity contribution in [2.75, 3.05) is 26.2 Å². The predicted octanol–water partition coefficient (Wildman–Crippen LogP) is 2.18. The van der Waals surface area contributed by atoms with Crippen molar-refractivity contribution in [2.24, 2.45) is 5.41 Å². The van der Waals surface area contributed by atoms with Crippen molar-refractivity contribution in [1.82, 2.24) is 10.2 Å². The molecule has 116 valence electrons. The van der Waals surface area contributed by atoms with Crippen LogP contribution in [0, 0.1) is 5.41 Å². The van der Waals surface area contributed by atoms with Crippen LogP contribution >= 0.6 is 0 Å². The molecule has 1 saturated heterocycles. The summed E-state index contributed by atoms with van der Waals surface area (Å²) in [4.78, 5) is 14.5. The topological polar surface area (TPSA) is 41.6 Å². The number of hydrogen-bond acceptors (Lipinski definition) is 4. The maximum Gasteiger partial charge on any atom is 0.323 e. The summed E-state index contributed by atoms with van der Waals surface area (Å²) in [5.74, 6) is -0.0735. The Kier molecular flexibility index (Phi) is 5.44. The highest BCUT2D eigenvalue weighted by atomic mass is 16.5. The fraction of sp³-hybridized carbons (Fsp3) is 0.938. The molecular weight excluding hydrogens is 252 g/mol. The first-order valence-electron chi connectivity index (χ1n) is 8.15. The fourth-order valence-electron chi connectivity index (χ4n) is 3.09. The molecule has 1 saturated carbocycles. The van der Waals surface area contributed by atoms with E-state index in [2.05, 4.69) is 24.1 Å². The first-order chi connectivity index (χ1) is 9.50. The minimum Gasteiger partial charge on any atom is -0.465 e. The molecule has 2 rings (SSSR count). The van der Waals surface area contributed by atoms with Gasteiger partial charge in [0.25, 0.3) is 0 Å². The first kappa shape index (κ1) is 15.8. The summed E-state index contributed by atoms with van der Waals surface area (Å²) < 4.78 is 5.19. The number of piperidine rings is 1. The standard InChI is InChI=1S/C16H30N2O2/c1-4-20-15(19)14(17-13-6-7-13)8-11-18-10-5-9-16(2,3)12-18/h13-14,17H,4-12H2,1-3H3. The summed E-state index contributed by atoms with van der Waals surface area (Å²) in [7, 11) is 0. The summed E-state index contributed by atoms with van der Waals surface area (Å²) in [5.41, 5.74) is 0.418. The van der Waals surface area contributed by atoms with E-state index >= 15 is 0 Å². The zero-order valence-corrected chi connectivity index (χ0v) is 13.3. The molecule has 1 aliphatic heterocycles. The smallest absolute Gasteiger partial charge is 0.323 e. The van der Waals surface area contributed by atoms with E-state index in [4.69, 9.17) is 4.74 Å². The average Bonchev–Trinajstić information content (AvgIpc) is 3.17. The molecule has 1 aliphatic carbocycles. The van der Waals surface area contributed by atoms with E-state index in [9.17, 15) is 4.79 Å². The Labute approximate surface area is 123 Å². The van der Waals surface area contributed by atoms with Crippen LogP contribution in [0.25, 0.3) is 0 Å². The molecule has 4 heteroatoms. The van der Waals surface area contributed by atoms with Gasteiger partial charge in [-0.25, -0.2) is 0 Å². The molecule has 0 spiro atoms. The number of nitrogens with one attached hydrogen (secondary N) is 1. The second-order valence-corrected chi connectivity index (χ2v) is 7.08. The van der Waals surface area contributed by atoms with Crippen molar-refractivity contribution >= 4 is 5.97 Å². The van der Waals surface area contributed by atoms with Gasteiger partial charge in [0.1, 0.15) is 6.04 Å². The number of ether oxygens (including phenoxy) is 1. The molecule has 20 heavy (non-hydrogen) atoms. The zero-order valence-electron chi connectivity index (χ0n) is 13.3. The molecule has 2 aliphatic rings. The third-order valence-corrected chi connectivity index (χ3v) is 4.30. The molecule has 0 amide bonds. The largest absolute Gasteiger partial charge is 0.465 e. The van der Waals surface area contributed by atoms with Gasteiger partial charge in [-0.3, -0.25) is 4.79 Å². The molecule has 2 fully saturated rings. The SMILES string of the molecule is CCOC(=O)C(CCN1CCCC(C)(C)C1)NC1CC1. The van der Waals surface area contributed by atoms with Crippen LogP contribution in [0.4, 0.5) is 0 Å². The van der Waals surface area contributed by atoms with Gasteiger partial charge >= 0.3 is 5.97 Å². The predicted molar refractivity (Wildman–Crippen MR) is 80.7 cm³/mol.